The van der Waals surface area contributed by atoms with Gasteiger partial charge in [0.15, 0.2) is 0 Å². The molecule has 1 aliphatic heterocycles. The molecular weight excluding hydrogens is 574 g/mol. The van der Waals surface area contributed by atoms with E-state index < -0.39 is 27.3 Å². The average molecular weight is 604 g/mol. The maximum absolute atomic E-state index is 14.4. The summed E-state index contributed by atoms with van der Waals surface area (Å²) in [4.78, 5) is 8.79. The first kappa shape index (κ1) is 28.5. The van der Waals surface area contributed by atoms with Gasteiger partial charge in [-0.25, -0.2) is 22.8 Å². The van der Waals surface area contributed by atoms with E-state index in [-0.39, 0.29) is 5.16 Å². The molecular formula is C29H29Cl2FN4O3S. The number of sulfonamides is 1. The molecule has 0 N–H and O–H groups in total. The number of halogens is 3. The molecule has 1 fully saturated rings. The molecule has 2 aromatic carbocycles. The zero-order valence-corrected chi connectivity index (χ0v) is 24.6. The number of ether oxygens (including phenoxy) is 1. The summed E-state index contributed by atoms with van der Waals surface area (Å²) in [6, 6.07) is 14.2. The minimum Gasteiger partial charge on any atom is -0.481 e. The second kappa shape index (κ2) is 11.1. The Balaban J connectivity index is 1.66. The molecule has 1 aliphatic rings. The molecule has 5 rings (SSSR count). The number of nitrogens with zero attached hydrogens (tertiary/aromatic N) is 4. The van der Waals surface area contributed by atoms with Gasteiger partial charge in [-0.3, -0.25) is 4.57 Å². The van der Waals surface area contributed by atoms with Crippen LogP contribution >= 0.6 is 23.2 Å². The lowest BCUT2D eigenvalue weighted by atomic mass is 9.81. The van der Waals surface area contributed by atoms with Crippen molar-refractivity contribution in [3.8, 4) is 11.6 Å². The Morgan fingerprint density at radius 2 is 1.73 bits per heavy atom. The van der Waals surface area contributed by atoms with Crippen LogP contribution in [0.4, 0.5) is 4.39 Å². The summed E-state index contributed by atoms with van der Waals surface area (Å²) in [5.74, 6) is 0.0247. The van der Waals surface area contributed by atoms with Crippen molar-refractivity contribution in [3.63, 3.8) is 0 Å². The maximum atomic E-state index is 14.4. The number of hydrogen-bond acceptors (Lipinski definition) is 5. The molecule has 40 heavy (non-hydrogen) atoms. The van der Waals surface area contributed by atoms with E-state index in [0.717, 1.165) is 24.0 Å². The Labute approximate surface area is 243 Å². The Morgan fingerprint density at radius 3 is 2.38 bits per heavy atom. The van der Waals surface area contributed by atoms with Crippen molar-refractivity contribution in [2.45, 2.75) is 49.7 Å². The molecule has 11 heteroatoms. The zero-order chi connectivity index (χ0) is 28.7. The third kappa shape index (κ3) is 5.23. The van der Waals surface area contributed by atoms with E-state index in [2.05, 4.69) is 9.97 Å². The highest BCUT2D eigenvalue weighted by atomic mass is 35.5. The molecule has 0 bridgehead atoms. The fourth-order valence-corrected chi connectivity index (χ4v) is 7.23. The second-order valence-electron chi connectivity index (χ2n) is 10.3. The van der Waals surface area contributed by atoms with Crippen molar-refractivity contribution < 1.29 is 17.5 Å². The van der Waals surface area contributed by atoms with Crippen LogP contribution in [0.1, 0.15) is 56.0 Å². The lowest BCUT2D eigenvalue weighted by Crippen LogP contribution is -2.40. The van der Waals surface area contributed by atoms with E-state index in [1.165, 1.54) is 23.5 Å². The number of piperidine rings is 1. The van der Waals surface area contributed by atoms with Crippen LogP contribution < -0.4 is 4.74 Å². The molecule has 0 spiro atoms. The van der Waals surface area contributed by atoms with Crippen molar-refractivity contribution in [1.29, 1.82) is 0 Å². The molecule has 3 heterocycles. The van der Waals surface area contributed by atoms with Gasteiger partial charge >= 0.3 is 0 Å². The number of rotatable bonds is 7. The van der Waals surface area contributed by atoms with E-state index >= 15 is 0 Å². The predicted molar refractivity (Wildman–Crippen MR) is 153 cm³/mol. The number of benzene rings is 2. The summed E-state index contributed by atoms with van der Waals surface area (Å²) < 4.78 is 51.0. The highest BCUT2D eigenvalue weighted by Crippen LogP contribution is 2.40. The summed E-state index contributed by atoms with van der Waals surface area (Å²) in [6.07, 6.45) is 5.46. The number of aromatic nitrogens is 3. The van der Waals surface area contributed by atoms with E-state index in [0.29, 0.717) is 40.3 Å². The largest absolute Gasteiger partial charge is 0.481 e. The van der Waals surface area contributed by atoms with Gasteiger partial charge in [-0.1, -0.05) is 55.6 Å². The third-order valence-electron chi connectivity index (χ3n) is 7.44. The van der Waals surface area contributed by atoms with Crippen LogP contribution in [-0.4, -0.2) is 40.9 Å². The summed E-state index contributed by atoms with van der Waals surface area (Å²) in [7, 11) is -2.58. The Bertz CT molecular complexity index is 1620. The van der Waals surface area contributed by atoms with Gasteiger partial charge in [-0.15, -0.1) is 0 Å². The van der Waals surface area contributed by atoms with Gasteiger partial charge in [-0.2, -0.15) is 4.31 Å². The second-order valence-corrected chi connectivity index (χ2v) is 12.9. The highest BCUT2D eigenvalue weighted by molar-refractivity contribution is 7.89. The predicted octanol–water partition coefficient (Wildman–Crippen LogP) is 6.96. The monoisotopic (exact) mass is 602 g/mol. The van der Waals surface area contributed by atoms with Gasteiger partial charge in [0.1, 0.15) is 5.82 Å². The first-order valence-corrected chi connectivity index (χ1v) is 15.0. The standard InChI is InChI=1S/C29H29Cl2FN4O3S/c1-29(2,20-8-13-23(30)24(31)16-20)26-18-34-28(36(26)22-11-9-21(32)10-12-22)40(37,38)35-15-5-4-6-25(35)19-7-14-27(39-3)33-17-19/h7-14,16-18,25H,4-6,15H2,1-3H3. The number of hydrogen-bond donors (Lipinski definition) is 0. The van der Waals surface area contributed by atoms with Gasteiger partial charge in [0.2, 0.25) is 11.0 Å². The fraction of sp³-hybridized carbons (Fsp3) is 0.310. The van der Waals surface area contributed by atoms with E-state index in [4.69, 9.17) is 27.9 Å². The van der Waals surface area contributed by atoms with Gasteiger partial charge in [-0.05, 0) is 60.4 Å². The van der Waals surface area contributed by atoms with Crippen LogP contribution in [0.5, 0.6) is 5.88 Å². The van der Waals surface area contributed by atoms with E-state index in [1.807, 2.05) is 26.0 Å². The van der Waals surface area contributed by atoms with Crippen molar-refractivity contribution >= 4 is 33.2 Å². The quantitative estimate of drug-likeness (QED) is 0.228. The fourth-order valence-electron chi connectivity index (χ4n) is 5.17. The van der Waals surface area contributed by atoms with Crippen molar-refractivity contribution in [2.24, 2.45) is 0 Å². The van der Waals surface area contributed by atoms with Crippen LogP contribution in [-0.2, 0) is 15.4 Å². The summed E-state index contributed by atoms with van der Waals surface area (Å²) in [5.41, 5.74) is 1.91. The molecule has 0 saturated carbocycles. The molecule has 1 atom stereocenters. The Kier molecular flexibility index (Phi) is 7.94. The maximum Gasteiger partial charge on any atom is 0.277 e. The van der Waals surface area contributed by atoms with Gasteiger partial charge in [0.25, 0.3) is 10.0 Å². The Hall–Kier alpha value is -2.98. The molecule has 0 amide bonds. The summed E-state index contributed by atoms with van der Waals surface area (Å²) >= 11 is 12.5. The zero-order valence-electron chi connectivity index (χ0n) is 22.3. The van der Waals surface area contributed by atoms with Gasteiger partial charge in [0.05, 0.1) is 35.1 Å². The van der Waals surface area contributed by atoms with Crippen molar-refractivity contribution in [2.75, 3.05) is 13.7 Å². The molecule has 7 nitrogen and oxygen atoms in total. The van der Waals surface area contributed by atoms with Gasteiger partial charge < -0.3 is 4.74 Å². The van der Waals surface area contributed by atoms with E-state index in [1.54, 1.807) is 47.3 Å². The molecule has 4 aromatic rings. The molecule has 0 aliphatic carbocycles. The molecule has 0 radical (unpaired) electrons. The molecule has 1 unspecified atom stereocenters. The lowest BCUT2D eigenvalue weighted by Gasteiger charge is -2.35. The normalized spacial score (nSPS) is 16.7. The van der Waals surface area contributed by atoms with Crippen LogP contribution in [0.3, 0.4) is 0 Å². The molecule has 2 aromatic heterocycles. The Morgan fingerprint density at radius 1 is 0.975 bits per heavy atom. The topological polar surface area (TPSA) is 77.3 Å². The lowest BCUT2D eigenvalue weighted by molar-refractivity contribution is 0.253. The molecule has 1 saturated heterocycles. The van der Waals surface area contributed by atoms with Crippen LogP contribution in [0.2, 0.25) is 10.0 Å². The summed E-state index contributed by atoms with van der Waals surface area (Å²) in [5, 5.41) is 0.661. The number of methoxy groups -OCH3 is 1. The first-order valence-electron chi connectivity index (χ1n) is 12.9. The first-order chi connectivity index (χ1) is 19.0. The minimum atomic E-state index is -4.12. The minimum absolute atomic E-state index is 0.143. The number of pyridine rings is 1. The smallest absolute Gasteiger partial charge is 0.277 e. The van der Waals surface area contributed by atoms with Crippen LogP contribution in [0.25, 0.3) is 5.69 Å². The van der Waals surface area contributed by atoms with Crippen LogP contribution in [0, 0.1) is 5.82 Å². The number of imidazole rings is 1. The van der Waals surface area contributed by atoms with Gasteiger partial charge in [0, 0.05) is 29.9 Å². The molecule has 210 valence electrons. The average Bonchev–Trinajstić information content (AvgIpc) is 3.42. The highest BCUT2D eigenvalue weighted by Gasteiger charge is 2.40. The van der Waals surface area contributed by atoms with Crippen LogP contribution in [0.15, 0.2) is 72.1 Å². The van der Waals surface area contributed by atoms with Crippen molar-refractivity contribution in [3.05, 3.63) is 99.7 Å². The van der Waals surface area contributed by atoms with Crippen molar-refractivity contribution in [1.82, 2.24) is 18.8 Å². The summed E-state index contributed by atoms with van der Waals surface area (Å²) in [6.45, 7) is 4.24. The SMILES string of the molecule is COc1ccc(C2CCCCN2S(=O)(=O)c2ncc(C(C)(C)c3ccc(Cl)c(Cl)c3)n2-c2ccc(F)cc2)cn1. The third-order valence-corrected chi connectivity index (χ3v) is 9.99. The van der Waals surface area contributed by atoms with E-state index in [9.17, 15) is 12.8 Å².